The van der Waals surface area contributed by atoms with Crippen molar-refractivity contribution in [3.05, 3.63) is 283 Å². The quantitative estimate of drug-likeness (QED) is 0.156. The van der Waals surface area contributed by atoms with Gasteiger partial charge in [0.2, 0.25) is 0 Å². The van der Waals surface area contributed by atoms with Crippen molar-refractivity contribution in [1.29, 1.82) is 0 Å². The number of nitrogens with zero attached hydrogens (tertiary/aromatic N) is 1. The first kappa shape index (κ1) is 39.0. The molecular formula is C69H43N. The summed E-state index contributed by atoms with van der Waals surface area (Å²) in [7, 11) is 0. The Morgan fingerprint density at radius 1 is 0.229 bits per heavy atom. The molecule has 324 valence electrons. The molecule has 0 N–H and O–H groups in total. The van der Waals surface area contributed by atoms with Crippen LogP contribution in [0.2, 0.25) is 0 Å². The van der Waals surface area contributed by atoms with Gasteiger partial charge in [0.05, 0.1) is 11.1 Å². The number of hydrogen-bond donors (Lipinski definition) is 0. The van der Waals surface area contributed by atoms with Gasteiger partial charge in [-0.25, -0.2) is 0 Å². The summed E-state index contributed by atoms with van der Waals surface area (Å²) in [4.78, 5) is 2.56. The van der Waals surface area contributed by atoms with E-state index in [1.54, 1.807) is 0 Å². The van der Waals surface area contributed by atoms with E-state index in [2.05, 4.69) is 266 Å². The highest BCUT2D eigenvalue weighted by atomic mass is 15.1. The summed E-state index contributed by atoms with van der Waals surface area (Å²) in [5.74, 6) is 0. The largest absolute Gasteiger partial charge is 0.310 e. The molecule has 13 aromatic rings. The Bertz CT molecular complexity index is 4230. The SMILES string of the molecule is c1ccc(-c2cccc(-c3cc4c(cc3N(c3ccc5c(ccc6ccccc65)c3)c3ccc5c6ccccc6c6ccccc6c5c3)C3(c5ccccc5-c5ccccc53)c3ccccc3-4)c2)cc1. The fourth-order valence-corrected chi connectivity index (χ4v) is 12.6. The van der Waals surface area contributed by atoms with Crippen LogP contribution >= 0.6 is 0 Å². The van der Waals surface area contributed by atoms with E-state index in [4.69, 9.17) is 0 Å². The van der Waals surface area contributed by atoms with E-state index in [1.807, 2.05) is 0 Å². The molecule has 0 bridgehead atoms. The molecule has 0 atom stereocenters. The minimum atomic E-state index is -0.523. The zero-order chi connectivity index (χ0) is 45.9. The lowest BCUT2D eigenvalue weighted by Crippen LogP contribution is -2.26. The highest BCUT2D eigenvalue weighted by Crippen LogP contribution is 2.64. The smallest absolute Gasteiger partial charge is 0.0726 e. The molecule has 0 unspecified atom stereocenters. The van der Waals surface area contributed by atoms with Crippen molar-refractivity contribution in [1.82, 2.24) is 0 Å². The zero-order valence-electron chi connectivity index (χ0n) is 38.3. The van der Waals surface area contributed by atoms with E-state index in [-0.39, 0.29) is 0 Å². The third-order valence-electron chi connectivity index (χ3n) is 15.6. The molecule has 0 radical (unpaired) electrons. The second-order valence-electron chi connectivity index (χ2n) is 19.1. The summed E-state index contributed by atoms with van der Waals surface area (Å²) in [6.45, 7) is 0. The van der Waals surface area contributed by atoms with Crippen molar-refractivity contribution in [3.8, 4) is 44.5 Å². The molecule has 1 heteroatoms. The van der Waals surface area contributed by atoms with Gasteiger partial charge in [-0.2, -0.15) is 0 Å². The predicted octanol–water partition coefficient (Wildman–Crippen LogP) is 18.6. The minimum absolute atomic E-state index is 0.523. The van der Waals surface area contributed by atoms with E-state index in [0.717, 1.165) is 17.1 Å². The van der Waals surface area contributed by atoms with E-state index in [9.17, 15) is 0 Å². The molecule has 70 heavy (non-hydrogen) atoms. The van der Waals surface area contributed by atoms with Crippen LogP contribution in [0, 0.1) is 0 Å². The van der Waals surface area contributed by atoms with Gasteiger partial charge in [-0.1, -0.05) is 218 Å². The van der Waals surface area contributed by atoms with Gasteiger partial charge in [-0.3, -0.25) is 0 Å². The fraction of sp³-hybridized carbons (Fsp3) is 0.0145. The Morgan fingerprint density at radius 2 is 0.700 bits per heavy atom. The minimum Gasteiger partial charge on any atom is -0.310 e. The molecular weight excluding hydrogens is 843 g/mol. The monoisotopic (exact) mass is 885 g/mol. The molecule has 1 nitrogen and oxygen atoms in total. The lowest BCUT2D eigenvalue weighted by atomic mass is 9.70. The van der Waals surface area contributed by atoms with Crippen LogP contribution in [0.4, 0.5) is 17.1 Å². The van der Waals surface area contributed by atoms with Gasteiger partial charge in [0.1, 0.15) is 0 Å². The van der Waals surface area contributed by atoms with E-state index in [1.165, 1.54) is 121 Å². The first-order chi connectivity index (χ1) is 34.7. The summed E-state index contributed by atoms with van der Waals surface area (Å²) in [6, 6.07) is 97.9. The van der Waals surface area contributed by atoms with Gasteiger partial charge in [0.25, 0.3) is 0 Å². The summed E-state index contributed by atoms with van der Waals surface area (Å²) < 4.78 is 0. The first-order valence-corrected chi connectivity index (χ1v) is 24.4. The average Bonchev–Trinajstić information content (AvgIpc) is 3.91. The zero-order valence-corrected chi connectivity index (χ0v) is 38.3. The van der Waals surface area contributed by atoms with E-state index >= 15 is 0 Å². The molecule has 2 aliphatic carbocycles. The second-order valence-corrected chi connectivity index (χ2v) is 19.1. The predicted molar refractivity (Wildman–Crippen MR) is 296 cm³/mol. The number of anilines is 3. The molecule has 1 spiro atoms. The normalized spacial score (nSPS) is 13.0. The summed E-state index contributed by atoms with van der Waals surface area (Å²) >= 11 is 0. The van der Waals surface area contributed by atoms with Crippen LogP contribution < -0.4 is 4.90 Å². The maximum absolute atomic E-state index is 2.58. The molecule has 15 rings (SSSR count). The van der Waals surface area contributed by atoms with Crippen LogP contribution in [-0.4, -0.2) is 0 Å². The summed E-state index contributed by atoms with van der Waals surface area (Å²) in [5, 5.41) is 12.5. The Labute approximate surface area is 406 Å². The number of rotatable bonds is 5. The van der Waals surface area contributed by atoms with Crippen molar-refractivity contribution in [2.45, 2.75) is 5.41 Å². The highest BCUT2D eigenvalue weighted by Gasteiger charge is 2.52. The molecule has 2 aliphatic rings. The van der Waals surface area contributed by atoms with Gasteiger partial charge in [0, 0.05) is 16.9 Å². The fourth-order valence-electron chi connectivity index (χ4n) is 12.6. The Morgan fingerprint density at radius 3 is 1.37 bits per heavy atom. The second kappa shape index (κ2) is 15.0. The lowest BCUT2D eigenvalue weighted by molar-refractivity contribution is 0.794. The van der Waals surface area contributed by atoms with Crippen LogP contribution in [0.1, 0.15) is 22.3 Å². The van der Waals surface area contributed by atoms with Crippen LogP contribution in [0.3, 0.4) is 0 Å². The van der Waals surface area contributed by atoms with Crippen LogP contribution in [-0.2, 0) is 5.41 Å². The topological polar surface area (TPSA) is 3.24 Å². The number of hydrogen-bond acceptors (Lipinski definition) is 1. The van der Waals surface area contributed by atoms with Crippen LogP contribution in [0.5, 0.6) is 0 Å². The summed E-state index contributed by atoms with van der Waals surface area (Å²) in [6.07, 6.45) is 0. The van der Waals surface area contributed by atoms with Gasteiger partial charge < -0.3 is 4.90 Å². The number of fused-ring (bicyclic) bond motifs is 19. The Balaban J connectivity index is 1.08. The third-order valence-corrected chi connectivity index (χ3v) is 15.6. The molecule has 0 aliphatic heterocycles. The molecule has 0 fully saturated rings. The third kappa shape index (κ3) is 5.49. The van der Waals surface area contributed by atoms with Crippen molar-refractivity contribution >= 4 is 70.9 Å². The average molecular weight is 886 g/mol. The van der Waals surface area contributed by atoms with Gasteiger partial charge in [-0.05, 0) is 158 Å². The molecule has 0 aromatic heterocycles. The van der Waals surface area contributed by atoms with Crippen LogP contribution in [0.15, 0.2) is 261 Å². The molecule has 0 amide bonds. The first-order valence-electron chi connectivity index (χ1n) is 24.4. The van der Waals surface area contributed by atoms with Gasteiger partial charge in [-0.15, -0.1) is 0 Å². The van der Waals surface area contributed by atoms with Crippen molar-refractivity contribution < 1.29 is 0 Å². The standard InChI is InChI=1S/C69H43N/c1-2-17-44(18-3-1)46-20-16-21-47(39-46)61-42-63-60-29-12-15-32-66(60)69(64-30-13-10-27-58(64)59-28-11-14-31-65(59)69)67(63)43-68(61)70(49-35-37-52-48(40-49)34-33-45-19-4-5-22-51(45)52)50-36-38-57-55-25-7-6-23-53(55)54-24-8-9-26-56(54)62(57)41-50/h1-43H. The maximum atomic E-state index is 2.58. The Hall–Kier alpha value is -9.04. The number of benzene rings is 13. The van der Waals surface area contributed by atoms with E-state index in [0.29, 0.717) is 0 Å². The molecule has 0 heterocycles. The van der Waals surface area contributed by atoms with E-state index < -0.39 is 5.41 Å². The van der Waals surface area contributed by atoms with Crippen LogP contribution in [0.25, 0.3) is 98.4 Å². The Kier molecular flexibility index (Phi) is 8.35. The van der Waals surface area contributed by atoms with Crippen molar-refractivity contribution in [2.24, 2.45) is 0 Å². The maximum Gasteiger partial charge on any atom is 0.0726 e. The molecule has 0 saturated heterocycles. The van der Waals surface area contributed by atoms with Gasteiger partial charge >= 0.3 is 0 Å². The molecule has 13 aromatic carbocycles. The molecule has 0 saturated carbocycles. The van der Waals surface area contributed by atoms with Gasteiger partial charge in [0.15, 0.2) is 0 Å². The lowest BCUT2D eigenvalue weighted by Gasteiger charge is -2.33. The van der Waals surface area contributed by atoms with Crippen molar-refractivity contribution in [3.63, 3.8) is 0 Å². The summed E-state index contributed by atoms with van der Waals surface area (Å²) in [5.41, 5.74) is 18.0. The van der Waals surface area contributed by atoms with Crippen molar-refractivity contribution in [2.75, 3.05) is 4.90 Å². The highest BCUT2D eigenvalue weighted by molar-refractivity contribution is 6.26.